The molecule has 0 fully saturated rings. The summed E-state index contributed by atoms with van der Waals surface area (Å²) in [5.41, 5.74) is -0.203. The topological polar surface area (TPSA) is 50.2 Å². The van der Waals surface area contributed by atoms with Crippen LogP contribution in [0.15, 0.2) is 22.9 Å². The molecule has 0 amide bonds. The van der Waals surface area contributed by atoms with Gasteiger partial charge in [0.25, 0.3) is 0 Å². The first-order valence-corrected chi connectivity index (χ1v) is 4.58. The van der Waals surface area contributed by atoms with E-state index in [1.807, 2.05) is 0 Å². The maximum atomic E-state index is 10.9. The van der Waals surface area contributed by atoms with E-state index in [4.69, 9.17) is 5.11 Å². The van der Waals surface area contributed by atoms with Crippen LogP contribution in [-0.4, -0.2) is 67.4 Å². The summed E-state index contributed by atoms with van der Waals surface area (Å²) in [4.78, 5) is 14.8. The Balaban J connectivity index is 0.00000169. The fourth-order valence-electron chi connectivity index (χ4n) is 0.877. The molecule has 0 spiro atoms. The number of hydrogen-bond acceptors (Lipinski definition) is 2. The molecule has 3 nitrogen and oxygen atoms in total. The van der Waals surface area contributed by atoms with E-state index in [-0.39, 0.29) is 51.4 Å². The van der Waals surface area contributed by atoms with E-state index in [1.54, 1.807) is 32.3 Å². The number of pyridine rings is 1. The minimum atomic E-state index is -0.892. The second kappa shape index (κ2) is 5.72. The van der Waals surface area contributed by atoms with Gasteiger partial charge in [-0.3, -0.25) is 9.78 Å². The standard InChI is InChI=1S/C9H10BrNO2.K.H/c1-9(2,8(12)13)6-3-7(10)5-11-4-6;;/h3-5H,1-2H3,(H,12,13);;. The van der Waals surface area contributed by atoms with Crippen molar-refractivity contribution in [1.29, 1.82) is 0 Å². The van der Waals surface area contributed by atoms with E-state index in [0.717, 1.165) is 4.47 Å². The average Bonchev–Trinajstić information content (AvgIpc) is 2.04. The van der Waals surface area contributed by atoms with Gasteiger partial charge in [-0.15, -0.1) is 0 Å². The molecule has 1 aromatic heterocycles. The molecule has 0 saturated carbocycles. The molecule has 1 rings (SSSR count). The van der Waals surface area contributed by atoms with Gasteiger partial charge in [-0.25, -0.2) is 0 Å². The second-order valence-corrected chi connectivity index (χ2v) is 4.24. The van der Waals surface area contributed by atoms with Crippen LogP contribution in [0.4, 0.5) is 0 Å². The fourth-order valence-corrected chi connectivity index (χ4v) is 1.24. The van der Waals surface area contributed by atoms with E-state index >= 15 is 0 Å². The SMILES string of the molecule is CC(C)(C(=O)O)c1cncc(Br)c1.[KH]. The quantitative estimate of drug-likeness (QED) is 0.838. The summed E-state index contributed by atoms with van der Waals surface area (Å²) >= 11 is 3.25. The first-order valence-electron chi connectivity index (χ1n) is 3.79. The molecule has 72 valence electrons. The van der Waals surface area contributed by atoms with Crippen LogP contribution in [-0.2, 0) is 10.2 Å². The number of carbonyl (C=O) groups is 1. The number of nitrogens with zero attached hydrogens (tertiary/aromatic N) is 1. The van der Waals surface area contributed by atoms with Gasteiger partial charge in [-0.1, -0.05) is 0 Å². The van der Waals surface area contributed by atoms with Crippen molar-refractivity contribution in [1.82, 2.24) is 4.98 Å². The molecule has 0 aliphatic carbocycles. The molecule has 0 bridgehead atoms. The molecule has 0 aliphatic rings. The number of carboxylic acid groups (broad SMARTS) is 1. The summed E-state index contributed by atoms with van der Waals surface area (Å²) in [7, 11) is 0. The van der Waals surface area contributed by atoms with Crippen molar-refractivity contribution in [2.24, 2.45) is 0 Å². The molecular formula is C9H11BrKNO2. The average molecular weight is 284 g/mol. The molecule has 1 heterocycles. The predicted octanol–water partition coefficient (Wildman–Crippen LogP) is 1.56. The van der Waals surface area contributed by atoms with Gasteiger partial charge in [0.1, 0.15) is 0 Å². The summed E-state index contributed by atoms with van der Waals surface area (Å²) < 4.78 is 0.791. The van der Waals surface area contributed by atoms with Crippen molar-refractivity contribution in [3.63, 3.8) is 0 Å². The van der Waals surface area contributed by atoms with E-state index < -0.39 is 11.4 Å². The fraction of sp³-hybridized carbons (Fsp3) is 0.333. The van der Waals surface area contributed by atoms with Crippen LogP contribution in [0, 0.1) is 0 Å². The van der Waals surface area contributed by atoms with E-state index in [1.165, 1.54) is 0 Å². The molecule has 0 unspecified atom stereocenters. The van der Waals surface area contributed by atoms with Crippen molar-refractivity contribution in [3.8, 4) is 0 Å². The van der Waals surface area contributed by atoms with Gasteiger partial charge in [-0.2, -0.15) is 0 Å². The van der Waals surface area contributed by atoms with Crippen molar-refractivity contribution < 1.29 is 9.90 Å². The molecule has 0 aromatic carbocycles. The maximum absolute atomic E-state index is 10.9. The van der Waals surface area contributed by atoms with Crippen LogP contribution in [0.5, 0.6) is 0 Å². The first-order chi connectivity index (χ1) is 5.94. The summed E-state index contributed by atoms with van der Waals surface area (Å²) in [6.45, 7) is 3.30. The Labute approximate surface area is 134 Å². The Bertz CT molecular complexity index is 341. The first kappa shape index (κ1) is 14.7. The zero-order chi connectivity index (χ0) is 10.1. The monoisotopic (exact) mass is 283 g/mol. The molecular weight excluding hydrogens is 273 g/mol. The molecule has 5 heteroatoms. The van der Waals surface area contributed by atoms with E-state index in [2.05, 4.69) is 20.9 Å². The third-order valence-electron chi connectivity index (χ3n) is 1.96. The third-order valence-corrected chi connectivity index (χ3v) is 2.39. The number of halogens is 1. The van der Waals surface area contributed by atoms with Crippen LogP contribution in [0.1, 0.15) is 19.4 Å². The number of aromatic nitrogens is 1. The third kappa shape index (κ3) is 3.39. The zero-order valence-electron chi connectivity index (χ0n) is 7.41. The number of carboxylic acids is 1. The van der Waals surface area contributed by atoms with Crippen LogP contribution in [0.3, 0.4) is 0 Å². The van der Waals surface area contributed by atoms with Crippen molar-refractivity contribution in [3.05, 3.63) is 28.5 Å². The minimum absolute atomic E-state index is 0. The summed E-state index contributed by atoms with van der Waals surface area (Å²) in [6, 6.07) is 1.76. The van der Waals surface area contributed by atoms with Crippen molar-refractivity contribution in [2.75, 3.05) is 0 Å². The Hall–Kier alpha value is 0.736. The van der Waals surface area contributed by atoms with Gasteiger partial charge in [0.2, 0.25) is 0 Å². The summed E-state index contributed by atoms with van der Waals surface area (Å²) in [5, 5.41) is 8.94. The van der Waals surface area contributed by atoms with Gasteiger partial charge in [0.05, 0.1) is 5.41 Å². The Morgan fingerprint density at radius 3 is 2.50 bits per heavy atom. The second-order valence-electron chi connectivity index (χ2n) is 3.32. The molecule has 1 aromatic rings. The van der Waals surface area contributed by atoms with Gasteiger partial charge in [0, 0.05) is 16.9 Å². The van der Waals surface area contributed by atoms with Crippen LogP contribution >= 0.6 is 15.9 Å². The molecule has 14 heavy (non-hydrogen) atoms. The number of rotatable bonds is 2. The molecule has 0 atom stereocenters. The van der Waals surface area contributed by atoms with Crippen LogP contribution < -0.4 is 0 Å². The molecule has 1 N–H and O–H groups in total. The van der Waals surface area contributed by atoms with E-state index in [9.17, 15) is 4.79 Å². The van der Waals surface area contributed by atoms with Crippen LogP contribution in [0.2, 0.25) is 0 Å². The summed E-state index contributed by atoms with van der Waals surface area (Å²) in [6.07, 6.45) is 3.19. The van der Waals surface area contributed by atoms with Gasteiger partial charge >= 0.3 is 57.4 Å². The predicted molar refractivity (Wildman–Crippen MR) is 59.7 cm³/mol. The van der Waals surface area contributed by atoms with Crippen molar-refractivity contribution in [2.45, 2.75) is 19.3 Å². The normalized spacial score (nSPS) is 10.5. The molecule has 0 aliphatic heterocycles. The van der Waals surface area contributed by atoms with Crippen molar-refractivity contribution >= 4 is 73.3 Å². The van der Waals surface area contributed by atoms with Gasteiger partial charge < -0.3 is 5.11 Å². The van der Waals surface area contributed by atoms with Gasteiger partial charge in [0.15, 0.2) is 0 Å². The Kier molecular flexibility index (Phi) is 6.02. The van der Waals surface area contributed by atoms with E-state index in [0.29, 0.717) is 5.56 Å². The summed E-state index contributed by atoms with van der Waals surface area (Å²) in [5.74, 6) is -0.854. The number of hydrogen-bond donors (Lipinski definition) is 1. The molecule has 0 saturated heterocycles. The van der Waals surface area contributed by atoms with Gasteiger partial charge in [-0.05, 0) is 41.4 Å². The van der Waals surface area contributed by atoms with Crippen LogP contribution in [0.25, 0.3) is 0 Å². The molecule has 0 radical (unpaired) electrons. The zero-order valence-corrected chi connectivity index (χ0v) is 9.00. The Morgan fingerprint density at radius 2 is 2.07 bits per heavy atom. The number of aliphatic carboxylic acids is 1. The Morgan fingerprint density at radius 1 is 1.50 bits per heavy atom.